The molecule has 0 aromatic heterocycles. The van der Waals surface area contributed by atoms with Crippen molar-refractivity contribution in [2.75, 3.05) is 11.5 Å². The molecule has 1 atom stereocenters. The van der Waals surface area contributed by atoms with Crippen molar-refractivity contribution in [1.82, 2.24) is 0 Å². The standard InChI is InChI=1S/C32H36N4O2/c1-7-9-10-24(8-2)21-37-28-13-11-27(12-14-28)36-22(3)15-25(16-23(36)4)17-30-29(20-35)31(26(18-33)19-34)38-32(30,5)6/h11-17,24H,7-10,21H2,1-6H3. The van der Waals surface area contributed by atoms with Crippen molar-refractivity contribution in [3.8, 4) is 24.0 Å². The number of hydrogen-bond donors (Lipinski definition) is 0. The highest BCUT2D eigenvalue weighted by Gasteiger charge is 2.39. The van der Waals surface area contributed by atoms with Gasteiger partial charge in [-0.15, -0.1) is 0 Å². The molecule has 0 amide bonds. The quantitative estimate of drug-likeness (QED) is 0.316. The smallest absolute Gasteiger partial charge is 0.172 e. The van der Waals surface area contributed by atoms with Gasteiger partial charge in [0.15, 0.2) is 11.3 Å². The normalized spacial score (nSPS) is 17.0. The first-order chi connectivity index (χ1) is 18.2. The van der Waals surface area contributed by atoms with Gasteiger partial charge in [-0.1, -0.05) is 33.1 Å². The Hall–Kier alpha value is -4.21. The van der Waals surface area contributed by atoms with Gasteiger partial charge >= 0.3 is 0 Å². The largest absolute Gasteiger partial charge is 0.493 e. The fourth-order valence-corrected chi connectivity index (χ4v) is 4.84. The molecule has 6 nitrogen and oxygen atoms in total. The molecule has 0 radical (unpaired) electrons. The first kappa shape index (κ1) is 28.4. The van der Waals surface area contributed by atoms with Gasteiger partial charge < -0.3 is 14.4 Å². The zero-order valence-electron chi connectivity index (χ0n) is 23.3. The predicted octanol–water partition coefficient (Wildman–Crippen LogP) is 7.77. The topological polar surface area (TPSA) is 93.1 Å². The molecular formula is C32H36N4O2. The van der Waals surface area contributed by atoms with E-state index in [-0.39, 0.29) is 16.9 Å². The van der Waals surface area contributed by atoms with Crippen LogP contribution < -0.4 is 9.64 Å². The van der Waals surface area contributed by atoms with E-state index in [4.69, 9.17) is 9.47 Å². The number of ether oxygens (including phenoxy) is 2. The lowest BCUT2D eigenvalue weighted by molar-refractivity contribution is 0.0953. The Kier molecular flexibility index (Phi) is 9.22. The zero-order valence-corrected chi connectivity index (χ0v) is 23.3. The van der Waals surface area contributed by atoms with Crippen LogP contribution in [0.2, 0.25) is 0 Å². The molecule has 2 heterocycles. The Labute approximate surface area is 227 Å². The van der Waals surface area contributed by atoms with Gasteiger partial charge in [-0.3, -0.25) is 0 Å². The summed E-state index contributed by atoms with van der Waals surface area (Å²) in [5.41, 5.74) is 3.80. The summed E-state index contributed by atoms with van der Waals surface area (Å²) < 4.78 is 12.0. The van der Waals surface area contributed by atoms with Crippen molar-refractivity contribution in [3.63, 3.8) is 0 Å². The summed E-state index contributed by atoms with van der Waals surface area (Å²) in [7, 11) is 0. The van der Waals surface area contributed by atoms with Crippen molar-refractivity contribution in [3.05, 3.63) is 81.9 Å². The highest BCUT2D eigenvalue weighted by atomic mass is 16.5. The molecule has 0 saturated carbocycles. The Bertz CT molecular complexity index is 1300. The molecule has 38 heavy (non-hydrogen) atoms. The molecule has 0 bridgehead atoms. The zero-order chi connectivity index (χ0) is 27.9. The van der Waals surface area contributed by atoms with Crippen LogP contribution in [-0.2, 0) is 4.74 Å². The molecule has 3 rings (SSSR count). The van der Waals surface area contributed by atoms with Gasteiger partial charge in [0.1, 0.15) is 35.1 Å². The number of anilines is 1. The Morgan fingerprint density at radius 1 is 1.05 bits per heavy atom. The number of hydrogen-bond acceptors (Lipinski definition) is 6. The maximum Gasteiger partial charge on any atom is 0.172 e. The van der Waals surface area contributed by atoms with Gasteiger partial charge in [0.25, 0.3) is 0 Å². The van der Waals surface area contributed by atoms with Crippen LogP contribution >= 0.6 is 0 Å². The lowest BCUT2D eigenvalue weighted by Gasteiger charge is -2.30. The van der Waals surface area contributed by atoms with Crippen molar-refractivity contribution in [2.24, 2.45) is 5.92 Å². The van der Waals surface area contributed by atoms with E-state index in [1.54, 1.807) is 0 Å². The predicted molar refractivity (Wildman–Crippen MR) is 149 cm³/mol. The first-order valence-electron chi connectivity index (χ1n) is 13.2. The van der Waals surface area contributed by atoms with Crippen molar-refractivity contribution in [1.29, 1.82) is 15.8 Å². The molecule has 0 fully saturated rings. The summed E-state index contributed by atoms with van der Waals surface area (Å²) in [5, 5.41) is 28.4. The highest BCUT2D eigenvalue weighted by molar-refractivity contribution is 5.66. The summed E-state index contributed by atoms with van der Waals surface area (Å²) >= 11 is 0. The minimum absolute atomic E-state index is 0.0473. The van der Waals surface area contributed by atoms with Gasteiger partial charge in [0.2, 0.25) is 0 Å². The average molecular weight is 509 g/mol. The summed E-state index contributed by atoms with van der Waals surface area (Å²) in [6.07, 6.45) is 10.8. The van der Waals surface area contributed by atoms with Crippen LogP contribution in [0.4, 0.5) is 5.69 Å². The van der Waals surface area contributed by atoms with Crippen molar-refractivity contribution >= 4 is 5.69 Å². The SMILES string of the molecule is CCCCC(CC)COc1ccc(N2C(C)=CC(=CC3=C(C#N)C(=C(C#N)C#N)OC3(C)C)C=C2C)cc1. The molecule has 2 aliphatic heterocycles. The second-order valence-electron chi connectivity index (χ2n) is 10.2. The third-order valence-corrected chi connectivity index (χ3v) is 6.96. The molecule has 0 aliphatic carbocycles. The number of benzene rings is 1. The fraction of sp³-hybridized carbons (Fsp3) is 0.406. The number of nitrogens with zero attached hydrogens (tertiary/aromatic N) is 4. The van der Waals surface area contributed by atoms with Gasteiger partial charge in [0, 0.05) is 22.7 Å². The Balaban J connectivity index is 1.84. The van der Waals surface area contributed by atoms with E-state index in [1.807, 2.05) is 70.2 Å². The second-order valence-corrected chi connectivity index (χ2v) is 10.2. The van der Waals surface area contributed by atoms with E-state index >= 15 is 0 Å². The van der Waals surface area contributed by atoms with E-state index in [0.29, 0.717) is 11.5 Å². The first-order valence-corrected chi connectivity index (χ1v) is 13.2. The molecule has 1 unspecified atom stereocenters. The molecular weight excluding hydrogens is 472 g/mol. The molecule has 6 heteroatoms. The van der Waals surface area contributed by atoms with Crippen LogP contribution in [-0.4, -0.2) is 12.2 Å². The number of unbranched alkanes of at least 4 members (excludes halogenated alkanes) is 1. The third kappa shape index (κ3) is 6.19. The monoisotopic (exact) mass is 508 g/mol. The van der Waals surface area contributed by atoms with E-state index in [1.165, 1.54) is 19.3 Å². The molecule has 0 N–H and O–H groups in total. The third-order valence-electron chi connectivity index (χ3n) is 6.96. The summed E-state index contributed by atoms with van der Waals surface area (Å²) in [5.74, 6) is 1.51. The lowest BCUT2D eigenvalue weighted by Crippen LogP contribution is -2.23. The van der Waals surface area contributed by atoms with Gasteiger partial charge in [-0.2, -0.15) is 15.8 Å². The number of rotatable bonds is 9. The van der Waals surface area contributed by atoms with E-state index in [0.717, 1.165) is 41.4 Å². The van der Waals surface area contributed by atoms with E-state index < -0.39 is 5.60 Å². The molecule has 1 aromatic rings. The molecule has 0 spiro atoms. The van der Waals surface area contributed by atoms with Crippen LogP contribution in [0, 0.1) is 39.9 Å². The molecule has 0 saturated heterocycles. The Morgan fingerprint density at radius 2 is 1.68 bits per heavy atom. The van der Waals surface area contributed by atoms with Crippen LogP contribution in [0.5, 0.6) is 5.75 Å². The van der Waals surface area contributed by atoms with Crippen molar-refractivity contribution < 1.29 is 9.47 Å². The van der Waals surface area contributed by atoms with Crippen LogP contribution in [0.25, 0.3) is 0 Å². The van der Waals surface area contributed by atoms with Crippen molar-refractivity contribution in [2.45, 2.75) is 72.8 Å². The Morgan fingerprint density at radius 3 is 2.21 bits per heavy atom. The van der Waals surface area contributed by atoms with Gasteiger partial charge in [0.05, 0.1) is 6.61 Å². The van der Waals surface area contributed by atoms with Crippen LogP contribution in [0.1, 0.15) is 67.2 Å². The maximum absolute atomic E-state index is 9.83. The van der Waals surface area contributed by atoms with E-state index in [9.17, 15) is 15.8 Å². The fourth-order valence-electron chi connectivity index (χ4n) is 4.84. The highest BCUT2D eigenvalue weighted by Crippen LogP contribution is 2.41. The number of allylic oxidation sites excluding steroid dienone is 7. The summed E-state index contributed by atoms with van der Waals surface area (Å²) in [6.45, 7) is 12.9. The average Bonchev–Trinajstić information content (AvgIpc) is 3.14. The number of nitriles is 3. The van der Waals surface area contributed by atoms with Crippen LogP contribution in [0.3, 0.4) is 0 Å². The second kappa shape index (κ2) is 12.4. The van der Waals surface area contributed by atoms with Crippen LogP contribution in [0.15, 0.2) is 81.9 Å². The van der Waals surface area contributed by atoms with Gasteiger partial charge in [-0.25, -0.2) is 0 Å². The maximum atomic E-state index is 9.83. The summed E-state index contributed by atoms with van der Waals surface area (Å²) in [4.78, 5) is 2.17. The summed E-state index contributed by atoms with van der Waals surface area (Å²) in [6, 6.07) is 14.0. The van der Waals surface area contributed by atoms with Gasteiger partial charge in [-0.05, 0) is 88.1 Å². The molecule has 196 valence electrons. The van der Waals surface area contributed by atoms with E-state index in [2.05, 4.69) is 36.9 Å². The molecule has 2 aliphatic rings. The molecule has 1 aromatic carbocycles. The lowest BCUT2D eigenvalue weighted by atomic mass is 9.92. The minimum Gasteiger partial charge on any atom is -0.493 e. The minimum atomic E-state index is -0.851.